The number of hydrogen-bond acceptors (Lipinski definition) is 6. The molecule has 0 aliphatic heterocycles. The van der Waals surface area contributed by atoms with Crippen molar-refractivity contribution in [2.24, 2.45) is 9.98 Å². The van der Waals surface area contributed by atoms with Crippen LogP contribution in [0.5, 0.6) is 0 Å². The average molecular weight is 740 g/mol. The van der Waals surface area contributed by atoms with Crippen LogP contribution in [0.15, 0.2) is 108 Å². The van der Waals surface area contributed by atoms with E-state index in [-0.39, 0.29) is 0 Å². The van der Waals surface area contributed by atoms with E-state index in [2.05, 4.69) is 68.2 Å². The zero-order chi connectivity index (χ0) is 35.4. The van der Waals surface area contributed by atoms with E-state index in [0.717, 1.165) is 45.2 Å². The fraction of sp³-hybridized carbons (Fsp3) is 0.353. The van der Waals surface area contributed by atoms with Gasteiger partial charge in [0.1, 0.15) is 0 Å². The summed E-state index contributed by atoms with van der Waals surface area (Å²) in [6, 6.07) is 23.5. The molecule has 0 bridgehead atoms. The second-order valence-electron chi connectivity index (χ2n) is 11.1. The van der Waals surface area contributed by atoms with Crippen molar-refractivity contribution in [1.82, 2.24) is 9.13 Å². The molecular weight excluding hydrogens is 695 g/mol. The summed E-state index contributed by atoms with van der Waals surface area (Å²) in [4.78, 5) is 9.26. The first-order valence-corrected chi connectivity index (χ1v) is 19.9. The number of halogens is 2. The molecule has 0 radical (unpaired) electrons. The molecule has 0 saturated heterocycles. The molecule has 0 aliphatic rings. The van der Waals surface area contributed by atoms with E-state index in [4.69, 9.17) is 32.3 Å². The molecule has 0 spiro atoms. The summed E-state index contributed by atoms with van der Waals surface area (Å²) in [7, 11) is -7.33. The van der Waals surface area contributed by atoms with Crippen LogP contribution in [0, 0.1) is 0 Å². The Labute approximate surface area is 294 Å². The second-order valence-corrected chi connectivity index (χ2v) is 14.9. The molecule has 0 amide bonds. The third kappa shape index (κ3) is 22.3. The number of nitrogens with zero attached hydrogens (tertiary/aromatic N) is 4. The number of aromatic nitrogens is 2. The molecule has 262 valence electrons. The molecule has 2 N–H and O–H groups in total. The maximum Gasteiger partial charge on any atom is 0.261 e. The summed E-state index contributed by atoms with van der Waals surface area (Å²) in [5.41, 5.74) is 1.84. The van der Waals surface area contributed by atoms with E-state index in [0.29, 0.717) is 12.5 Å². The highest BCUT2D eigenvalue weighted by atomic mass is 35.5. The highest BCUT2D eigenvalue weighted by molar-refractivity contribution is 7.85. The van der Waals surface area contributed by atoms with Gasteiger partial charge in [-0.05, 0) is 85.6 Å². The minimum absolute atomic E-state index is 0.715. The van der Waals surface area contributed by atoms with Gasteiger partial charge in [0.15, 0.2) is 0 Å². The maximum absolute atomic E-state index is 9.19. The molecule has 10 nitrogen and oxygen atoms in total. The Morgan fingerprint density at radius 2 is 0.750 bits per heavy atom. The Balaban J connectivity index is 0.000000700. The van der Waals surface area contributed by atoms with Crippen LogP contribution < -0.4 is 10.7 Å². The molecular formula is C34H44Cl2N4O6S2. The highest BCUT2D eigenvalue weighted by Crippen LogP contribution is 2.16. The van der Waals surface area contributed by atoms with Crippen molar-refractivity contribution < 1.29 is 25.9 Å². The number of benzene rings is 2. The van der Waals surface area contributed by atoms with Crippen LogP contribution in [0.1, 0.15) is 51.4 Å². The Morgan fingerprint density at radius 1 is 0.500 bits per heavy atom. The Kier molecular flexibility index (Phi) is 18.5. The van der Waals surface area contributed by atoms with Crippen molar-refractivity contribution in [2.45, 2.75) is 64.5 Å². The van der Waals surface area contributed by atoms with Crippen LogP contribution in [0.3, 0.4) is 0 Å². The van der Waals surface area contributed by atoms with E-state index < -0.39 is 20.2 Å². The molecule has 0 fully saturated rings. The standard InChI is InChI=1S/C32H36Cl2N4.2CH4O3S/c33-27-9-13-29(14-10-27)35-31-17-23-37(24-18-31)21-7-5-3-1-2-4-6-8-22-38-25-19-32(20-26-38)36-30-15-11-28(34)12-16-30;2*1-5(2,3)4/h9-20,23-26H,1-8,21-22H2;2*1H3,(H,2,3,4). The summed E-state index contributed by atoms with van der Waals surface area (Å²) in [6.07, 6.45) is 20.2. The normalized spacial score (nSPS) is 11.0. The molecule has 2 heterocycles. The van der Waals surface area contributed by atoms with Crippen molar-refractivity contribution in [3.05, 3.63) is 118 Å². The van der Waals surface area contributed by atoms with Gasteiger partial charge >= 0.3 is 0 Å². The lowest BCUT2D eigenvalue weighted by molar-refractivity contribution is 0.488. The minimum atomic E-state index is -3.67. The highest BCUT2D eigenvalue weighted by Gasteiger charge is 1.96. The maximum atomic E-state index is 9.19. The molecule has 0 saturated carbocycles. The number of unbranched alkanes of at least 4 members (excludes halogenated alkanes) is 7. The van der Waals surface area contributed by atoms with Crippen LogP contribution in [-0.2, 0) is 33.3 Å². The van der Waals surface area contributed by atoms with Gasteiger partial charge in [-0.2, -0.15) is 16.8 Å². The second kappa shape index (κ2) is 21.7. The molecule has 0 atom stereocenters. The Morgan fingerprint density at radius 3 is 1.02 bits per heavy atom. The zero-order valence-electron chi connectivity index (χ0n) is 27.2. The molecule has 48 heavy (non-hydrogen) atoms. The summed E-state index contributed by atoms with van der Waals surface area (Å²) >= 11 is 11.9. The molecule has 0 aliphatic carbocycles. The van der Waals surface area contributed by atoms with Gasteiger partial charge in [-0.25, -0.2) is 9.98 Å². The SMILES string of the molecule is CS(=O)(=O)O.CS(=O)(=O)O.Clc1ccc(N=c2ccn(CCCCCCCCCCn3ccc(=Nc4ccc(Cl)cc4)cc3)cc2)cc1. The van der Waals surface area contributed by atoms with E-state index >= 15 is 0 Å². The van der Waals surface area contributed by atoms with Gasteiger partial charge < -0.3 is 9.13 Å². The van der Waals surface area contributed by atoms with Gasteiger partial charge in [0.25, 0.3) is 20.2 Å². The summed E-state index contributed by atoms with van der Waals surface area (Å²) in [6.45, 7) is 2.12. The average Bonchev–Trinajstić information content (AvgIpc) is 3.00. The van der Waals surface area contributed by atoms with Gasteiger partial charge in [0.05, 0.1) is 34.6 Å². The largest absolute Gasteiger partial charge is 0.354 e. The quantitative estimate of drug-likeness (QED) is 0.106. The first-order chi connectivity index (χ1) is 22.6. The predicted molar refractivity (Wildman–Crippen MR) is 194 cm³/mol. The fourth-order valence-electron chi connectivity index (χ4n) is 4.32. The molecule has 2 aromatic heterocycles. The van der Waals surface area contributed by atoms with Crippen molar-refractivity contribution in [1.29, 1.82) is 0 Å². The van der Waals surface area contributed by atoms with Gasteiger partial charge in [-0.15, -0.1) is 0 Å². The third-order valence-electron chi connectivity index (χ3n) is 6.50. The number of rotatable bonds is 13. The first-order valence-electron chi connectivity index (χ1n) is 15.4. The van der Waals surface area contributed by atoms with Crippen LogP contribution in [-0.4, -0.2) is 47.6 Å². The molecule has 2 aromatic carbocycles. The van der Waals surface area contributed by atoms with E-state index in [1.165, 1.54) is 51.4 Å². The van der Waals surface area contributed by atoms with Crippen LogP contribution in [0.2, 0.25) is 10.0 Å². The number of aryl methyl sites for hydroxylation is 2. The summed E-state index contributed by atoms with van der Waals surface area (Å²) in [5.74, 6) is 0. The molecule has 4 aromatic rings. The summed E-state index contributed by atoms with van der Waals surface area (Å²) < 4.78 is 56.2. The lowest BCUT2D eigenvalue weighted by Gasteiger charge is -2.07. The lowest BCUT2D eigenvalue weighted by Crippen LogP contribution is -2.05. The van der Waals surface area contributed by atoms with E-state index in [1.807, 2.05) is 48.5 Å². The van der Waals surface area contributed by atoms with Gasteiger partial charge in [0.2, 0.25) is 0 Å². The fourth-order valence-corrected chi connectivity index (χ4v) is 4.58. The monoisotopic (exact) mass is 738 g/mol. The van der Waals surface area contributed by atoms with E-state index in [9.17, 15) is 16.8 Å². The zero-order valence-corrected chi connectivity index (χ0v) is 30.3. The number of pyridine rings is 2. The molecule has 0 unspecified atom stereocenters. The van der Waals surface area contributed by atoms with Crippen LogP contribution >= 0.6 is 23.2 Å². The minimum Gasteiger partial charge on any atom is -0.354 e. The lowest BCUT2D eigenvalue weighted by atomic mass is 10.1. The van der Waals surface area contributed by atoms with Crippen LogP contribution in [0.25, 0.3) is 0 Å². The number of hydrogen-bond donors (Lipinski definition) is 2. The van der Waals surface area contributed by atoms with Gasteiger partial charge in [-0.3, -0.25) is 9.11 Å². The first kappa shape index (κ1) is 40.9. The van der Waals surface area contributed by atoms with Crippen molar-refractivity contribution in [3.63, 3.8) is 0 Å². The Bertz CT molecular complexity index is 1680. The van der Waals surface area contributed by atoms with E-state index in [1.54, 1.807) is 0 Å². The van der Waals surface area contributed by atoms with Crippen LogP contribution in [0.4, 0.5) is 11.4 Å². The van der Waals surface area contributed by atoms with Gasteiger partial charge in [-0.1, -0.05) is 61.7 Å². The Hall–Kier alpha value is -3.26. The third-order valence-corrected chi connectivity index (χ3v) is 7.00. The smallest absolute Gasteiger partial charge is 0.261 e. The van der Waals surface area contributed by atoms with Crippen molar-refractivity contribution in [3.8, 4) is 0 Å². The van der Waals surface area contributed by atoms with Crippen molar-refractivity contribution >= 4 is 54.8 Å². The molecule has 4 rings (SSSR count). The topological polar surface area (TPSA) is 143 Å². The predicted octanol–water partition coefficient (Wildman–Crippen LogP) is 7.89. The summed E-state index contributed by atoms with van der Waals surface area (Å²) in [5, 5.41) is 3.39. The van der Waals surface area contributed by atoms with Gasteiger partial charge in [0, 0.05) is 47.9 Å². The van der Waals surface area contributed by atoms with Crippen molar-refractivity contribution in [2.75, 3.05) is 12.5 Å². The molecule has 14 heteroatoms.